The zero-order valence-corrected chi connectivity index (χ0v) is 18.3. The Morgan fingerprint density at radius 3 is 2.33 bits per heavy atom. The SMILES string of the molecule is CC1(C#N)CCN(C(=O)C(CC(=O)O)NC(=O)OCC2c3ccccc3-c3ccccc32)C1. The van der Waals surface area contributed by atoms with E-state index in [-0.39, 0.29) is 19.1 Å². The standard InChI is InChI=1S/C25H25N3O5/c1-25(14-26)10-11-28(15-25)23(31)21(12-22(29)30)27-24(32)33-13-20-18-8-4-2-6-16(18)17-7-3-5-9-19(17)20/h2-9,20-21H,10-13,15H2,1H3,(H,27,32)(H,29,30). The van der Waals surface area contributed by atoms with Crippen molar-refractivity contribution in [2.24, 2.45) is 5.41 Å². The highest BCUT2D eigenvalue weighted by Crippen LogP contribution is 2.44. The molecule has 0 bridgehead atoms. The van der Waals surface area contributed by atoms with Crippen molar-refractivity contribution in [1.82, 2.24) is 10.2 Å². The molecule has 1 aliphatic heterocycles. The number of rotatable bonds is 6. The lowest BCUT2D eigenvalue weighted by Gasteiger charge is -2.24. The summed E-state index contributed by atoms with van der Waals surface area (Å²) in [7, 11) is 0. The van der Waals surface area contributed by atoms with Crippen molar-refractivity contribution in [3.8, 4) is 17.2 Å². The molecule has 4 rings (SSSR count). The highest BCUT2D eigenvalue weighted by atomic mass is 16.5. The summed E-state index contributed by atoms with van der Waals surface area (Å²) in [6, 6.07) is 16.8. The van der Waals surface area contributed by atoms with Crippen molar-refractivity contribution in [3.05, 3.63) is 59.7 Å². The van der Waals surface area contributed by atoms with Crippen LogP contribution in [0, 0.1) is 16.7 Å². The van der Waals surface area contributed by atoms with E-state index in [1.165, 1.54) is 4.90 Å². The Morgan fingerprint density at radius 1 is 1.18 bits per heavy atom. The van der Waals surface area contributed by atoms with Gasteiger partial charge in [-0.15, -0.1) is 0 Å². The van der Waals surface area contributed by atoms with Crippen LogP contribution in [0.4, 0.5) is 4.79 Å². The summed E-state index contributed by atoms with van der Waals surface area (Å²) in [5, 5.41) is 21.0. The second kappa shape index (κ2) is 8.94. The lowest BCUT2D eigenvalue weighted by molar-refractivity contribution is -0.142. The van der Waals surface area contributed by atoms with Crippen LogP contribution < -0.4 is 5.32 Å². The maximum absolute atomic E-state index is 12.9. The van der Waals surface area contributed by atoms with E-state index in [4.69, 9.17) is 4.74 Å². The van der Waals surface area contributed by atoms with Gasteiger partial charge in [0.05, 0.1) is 17.9 Å². The first-order valence-electron chi connectivity index (χ1n) is 10.8. The highest BCUT2D eigenvalue weighted by molar-refractivity contribution is 5.89. The molecule has 2 atom stereocenters. The fraction of sp³-hybridized carbons (Fsp3) is 0.360. The molecule has 0 aromatic heterocycles. The molecule has 33 heavy (non-hydrogen) atoms. The summed E-state index contributed by atoms with van der Waals surface area (Å²) in [5.41, 5.74) is 3.62. The molecule has 0 radical (unpaired) electrons. The van der Waals surface area contributed by atoms with Crippen molar-refractivity contribution >= 4 is 18.0 Å². The second-order valence-electron chi connectivity index (χ2n) is 8.80. The van der Waals surface area contributed by atoms with Gasteiger partial charge < -0.3 is 20.1 Å². The molecule has 2 unspecified atom stereocenters. The number of nitrogens with one attached hydrogen (secondary N) is 1. The van der Waals surface area contributed by atoms with Crippen molar-refractivity contribution < 1.29 is 24.2 Å². The molecule has 1 saturated heterocycles. The average molecular weight is 447 g/mol. The van der Waals surface area contributed by atoms with Crippen LogP contribution in [0.15, 0.2) is 48.5 Å². The van der Waals surface area contributed by atoms with Crippen LogP contribution in [0.25, 0.3) is 11.1 Å². The van der Waals surface area contributed by atoms with Gasteiger partial charge >= 0.3 is 12.1 Å². The van der Waals surface area contributed by atoms with Crippen molar-refractivity contribution in [1.29, 1.82) is 5.26 Å². The van der Waals surface area contributed by atoms with Gasteiger partial charge in [-0.2, -0.15) is 5.26 Å². The molecule has 2 aliphatic rings. The lowest BCUT2D eigenvalue weighted by atomic mass is 9.92. The molecule has 1 heterocycles. The minimum Gasteiger partial charge on any atom is -0.481 e. The maximum Gasteiger partial charge on any atom is 0.407 e. The first kappa shape index (κ1) is 22.3. The molecule has 2 aromatic rings. The third kappa shape index (κ3) is 4.53. The second-order valence-corrected chi connectivity index (χ2v) is 8.80. The van der Waals surface area contributed by atoms with Crippen LogP contribution in [0.5, 0.6) is 0 Å². The van der Waals surface area contributed by atoms with Crippen molar-refractivity contribution in [2.45, 2.75) is 31.7 Å². The molecule has 2 N–H and O–H groups in total. The van der Waals surface area contributed by atoms with E-state index in [1.807, 2.05) is 48.5 Å². The first-order chi connectivity index (χ1) is 15.8. The number of benzene rings is 2. The van der Waals surface area contributed by atoms with E-state index in [1.54, 1.807) is 6.92 Å². The molecule has 8 nitrogen and oxygen atoms in total. The summed E-state index contributed by atoms with van der Waals surface area (Å²) >= 11 is 0. The van der Waals surface area contributed by atoms with Gasteiger partial charge in [-0.1, -0.05) is 48.5 Å². The number of hydrogen-bond acceptors (Lipinski definition) is 5. The van der Waals surface area contributed by atoms with Crippen LogP contribution >= 0.6 is 0 Å². The third-order valence-corrected chi connectivity index (χ3v) is 6.37. The summed E-state index contributed by atoms with van der Waals surface area (Å²) in [5.74, 6) is -1.88. The fourth-order valence-electron chi connectivity index (χ4n) is 4.62. The zero-order valence-electron chi connectivity index (χ0n) is 18.3. The number of fused-ring (bicyclic) bond motifs is 3. The van der Waals surface area contributed by atoms with E-state index in [9.17, 15) is 24.8 Å². The summed E-state index contributed by atoms with van der Waals surface area (Å²) in [6.45, 7) is 2.35. The van der Waals surface area contributed by atoms with Crippen LogP contribution in [0.3, 0.4) is 0 Å². The normalized spacial score (nSPS) is 19.8. The number of likely N-dealkylation sites (tertiary alicyclic amines) is 1. The monoisotopic (exact) mass is 447 g/mol. The number of carboxylic acid groups (broad SMARTS) is 1. The number of aliphatic carboxylic acids is 1. The summed E-state index contributed by atoms with van der Waals surface area (Å²) in [6.07, 6.45) is -0.915. The molecule has 2 aromatic carbocycles. The molecular weight excluding hydrogens is 422 g/mol. The quantitative estimate of drug-likeness (QED) is 0.702. The molecule has 2 amide bonds. The Labute approximate surface area is 191 Å². The van der Waals surface area contributed by atoms with Gasteiger partial charge in [0.2, 0.25) is 5.91 Å². The van der Waals surface area contributed by atoms with Gasteiger partial charge in [0.25, 0.3) is 0 Å². The third-order valence-electron chi connectivity index (χ3n) is 6.37. The molecule has 0 spiro atoms. The molecule has 1 aliphatic carbocycles. The molecule has 170 valence electrons. The fourth-order valence-corrected chi connectivity index (χ4v) is 4.62. The molecule has 1 fully saturated rings. The minimum absolute atomic E-state index is 0.0596. The number of carbonyl (C=O) groups excluding carboxylic acids is 2. The van der Waals surface area contributed by atoms with E-state index in [0.717, 1.165) is 22.3 Å². The van der Waals surface area contributed by atoms with Crippen LogP contribution in [-0.4, -0.2) is 53.7 Å². The molecule has 0 saturated carbocycles. The Hall–Kier alpha value is -3.86. The topological polar surface area (TPSA) is 120 Å². The molecule has 8 heteroatoms. The van der Waals surface area contributed by atoms with Gasteiger partial charge in [-0.25, -0.2) is 4.79 Å². The van der Waals surface area contributed by atoms with Crippen molar-refractivity contribution in [2.75, 3.05) is 19.7 Å². The largest absolute Gasteiger partial charge is 0.481 e. The first-order valence-corrected chi connectivity index (χ1v) is 10.8. The number of carboxylic acids is 1. The molecular formula is C25H25N3O5. The van der Waals surface area contributed by atoms with Gasteiger partial charge in [-0.3, -0.25) is 9.59 Å². The van der Waals surface area contributed by atoms with Crippen LogP contribution in [-0.2, 0) is 14.3 Å². The number of nitriles is 1. The smallest absolute Gasteiger partial charge is 0.407 e. The lowest BCUT2D eigenvalue weighted by Crippen LogP contribution is -2.49. The highest BCUT2D eigenvalue weighted by Gasteiger charge is 2.39. The van der Waals surface area contributed by atoms with E-state index < -0.39 is 35.8 Å². The Kier molecular flexibility index (Phi) is 6.05. The number of alkyl carbamates (subject to hydrolysis) is 1. The summed E-state index contributed by atoms with van der Waals surface area (Å²) in [4.78, 5) is 38.2. The van der Waals surface area contributed by atoms with Gasteiger partial charge in [-0.05, 0) is 35.6 Å². The number of hydrogen-bond donors (Lipinski definition) is 2. The maximum atomic E-state index is 12.9. The Morgan fingerprint density at radius 2 is 1.79 bits per heavy atom. The Bertz CT molecular complexity index is 1100. The number of ether oxygens (including phenoxy) is 1. The minimum atomic E-state index is -1.26. The summed E-state index contributed by atoms with van der Waals surface area (Å²) < 4.78 is 5.46. The predicted molar refractivity (Wildman–Crippen MR) is 119 cm³/mol. The van der Waals surface area contributed by atoms with Gasteiger partial charge in [0.1, 0.15) is 12.6 Å². The van der Waals surface area contributed by atoms with E-state index in [2.05, 4.69) is 11.4 Å². The average Bonchev–Trinajstić information content (AvgIpc) is 3.35. The zero-order chi connectivity index (χ0) is 23.6. The van der Waals surface area contributed by atoms with Gasteiger partial charge in [0.15, 0.2) is 0 Å². The van der Waals surface area contributed by atoms with Crippen molar-refractivity contribution in [3.63, 3.8) is 0 Å². The van der Waals surface area contributed by atoms with E-state index in [0.29, 0.717) is 13.0 Å². The number of carbonyl (C=O) groups is 3. The van der Waals surface area contributed by atoms with Crippen LogP contribution in [0.2, 0.25) is 0 Å². The van der Waals surface area contributed by atoms with Crippen LogP contribution in [0.1, 0.15) is 36.8 Å². The predicted octanol–water partition coefficient (Wildman–Crippen LogP) is 3.13. The number of nitrogens with zero attached hydrogens (tertiary/aromatic N) is 2. The number of amides is 2. The Balaban J connectivity index is 1.43. The van der Waals surface area contributed by atoms with Gasteiger partial charge in [0, 0.05) is 19.0 Å². The van der Waals surface area contributed by atoms with E-state index >= 15 is 0 Å².